The van der Waals surface area contributed by atoms with E-state index in [2.05, 4.69) is 36.8 Å². The molecule has 0 atom stereocenters. The highest BCUT2D eigenvalue weighted by atomic mass is 79.9. The van der Waals surface area contributed by atoms with Gasteiger partial charge in [-0.25, -0.2) is 9.59 Å². The number of aromatic amines is 1. The lowest BCUT2D eigenvalue weighted by Gasteiger charge is -2.11. The van der Waals surface area contributed by atoms with Gasteiger partial charge in [-0.1, -0.05) is 6.07 Å². The molecule has 1 aromatic heterocycles. The minimum Gasteiger partial charge on any atom is -0.478 e. The molecule has 1 aromatic carbocycles. The van der Waals surface area contributed by atoms with Crippen molar-refractivity contribution >= 4 is 33.6 Å². The summed E-state index contributed by atoms with van der Waals surface area (Å²) in [5.41, 5.74) is 1.95. The molecule has 8 heteroatoms. The topological polar surface area (TPSA) is 107 Å². The number of nitrogens with zero attached hydrogens (tertiary/aromatic N) is 1. The SMILES string of the molecule is Cc1[nH]ncc1CNC(=O)Nc1c(Br)cccc1C(=O)O. The highest BCUT2D eigenvalue weighted by Gasteiger charge is 2.15. The van der Waals surface area contributed by atoms with Crippen molar-refractivity contribution in [2.45, 2.75) is 13.5 Å². The highest BCUT2D eigenvalue weighted by Crippen LogP contribution is 2.26. The Hall–Kier alpha value is -2.35. The van der Waals surface area contributed by atoms with Gasteiger partial charge < -0.3 is 15.7 Å². The van der Waals surface area contributed by atoms with Crippen molar-refractivity contribution in [1.29, 1.82) is 0 Å². The number of hydrogen-bond acceptors (Lipinski definition) is 3. The number of H-pyrrole nitrogens is 1. The lowest BCUT2D eigenvalue weighted by atomic mass is 10.2. The monoisotopic (exact) mass is 352 g/mol. The second kappa shape index (κ2) is 6.40. The zero-order valence-corrected chi connectivity index (χ0v) is 12.7. The first kappa shape index (κ1) is 15.0. The number of aromatic nitrogens is 2. The zero-order chi connectivity index (χ0) is 15.4. The molecule has 2 amide bonds. The van der Waals surface area contributed by atoms with Crippen LogP contribution in [0, 0.1) is 6.92 Å². The van der Waals surface area contributed by atoms with Crippen molar-refractivity contribution in [3.63, 3.8) is 0 Å². The van der Waals surface area contributed by atoms with E-state index in [9.17, 15) is 9.59 Å². The van der Waals surface area contributed by atoms with Crippen molar-refractivity contribution < 1.29 is 14.7 Å². The number of carboxylic acids is 1. The van der Waals surface area contributed by atoms with E-state index in [-0.39, 0.29) is 11.3 Å². The Morgan fingerprint density at radius 3 is 2.81 bits per heavy atom. The molecular weight excluding hydrogens is 340 g/mol. The minimum absolute atomic E-state index is 0.0130. The fourth-order valence-corrected chi connectivity index (χ4v) is 2.18. The summed E-state index contributed by atoms with van der Waals surface area (Å²) < 4.78 is 0.497. The summed E-state index contributed by atoms with van der Waals surface area (Å²) >= 11 is 3.22. The normalized spacial score (nSPS) is 10.2. The van der Waals surface area contributed by atoms with Crippen LogP contribution in [-0.2, 0) is 6.54 Å². The van der Waals surface area contributed by atoms with Crippen LogP contribution in [0.15, 0.2) is 28.9 Å². The Morgan fingerprint density at radius 1 is 1.43 bits per heavy atom. The summed E-state index contributed by atoms with van der Waals surface area (Å²) in [5, 5.41) is 20.9. The van der Waals surface area contributed by atoms with Crippen LogP contribution in [0.5, 0.6) is 0 Å². The molecule has 7 nitrogen and oxygen atoms in total. The molecular formula is C13H13BrN4O3. The molecule has 0 radical (unpaired) electrons. The molecule has 0 saturated heterocycles. The number of amides is 2. The van der Waals surface area contributed by atoms with Gasteiger partial charge in [-0.3, -0.25) is 5.10 Å². The van der Waals surface area contributed by atoms with E-state index in [1.54, 1.807) is 18.3 Å². The molecule has 21 heavy (non-hydrogen) atoms. The molecule has 2 rings (SSSR count). The molecule has 4 N–H and O–H groups in total. The van der Waals surface area contributed by atoms with Gasteiger partial charge in [0.05, 0.1) is 17.4 Å². The molecule has 0 fully saturated rings. The van der Waals surface area contributed by atoms with Gasteiger partial charge in [-0.2, -0.15) is 5.10 Å². The van der Waals surface area contributed by atoms with Crippen LogP contribution in [0.4, 0.5) is 10.5 Å². The van der Waals surface area contributed by atoms with Crippen LogP contribution >= 0.6 is 15.9 Å². The summed E-state index contributed by atoms with van der Waals surface area (Å²) in [4.78, 5) is 23.0. The second-order valence-electron chi connectivity index (χ2n) is 4.30. The summed E-state index contributed by atoms with van der Waals surface area (Å²) in [6, 6.07) is 4.17. The number of carbonyl (C=O) groups is 2. The Kier molecular flexibility index (Phi) is 4.59. The number of halogens is 1. The molecule has 0 aliphatic heterocycles. The summed E-state index contributed by atoms with van der Waals surface area (Å²) in [6.45, 7) is 2.14. The van der Waals surface area contributed by atoms with Crippen LogP contribution in [0.3, 0.4) is 0 Å². The first-order valence-electron chi connectivity index (χ1n) is 6.04. The van der Waals surface area contributed by atoms with E-state index >= 15 is 0 Å². The first-order chi connectivity index (χ1) is 9.99. The zero-order valence-electron chi connectivity index (χ0n) is 11.1. The number of urea groups is 1. The average molecular weight is 353 g/mol. The van der Waals surface area contributed by atoms with Gasteiger partial charge in [0.2, 0.25) is 0 Å². The minimum atomic E-state index is -1.11. The highest BCUT2D eigenvalue weighted by molar-refractivity contribution is 9.10. The van der Waals surface area contributed by atoms with Crippen molar-refractivity contribution in [3.8, 4) is 0 Å². The number of carbonyl (C=O) groups excluding carboxylic acids is 1. The molecule has 1 heterocycles. The number of benzene rings is 1. The quantitative estimate of drug-likeness (QED) is 0.677. The van der Waals surface area contributed by atoms with E-state index in [1.807, 2.05) is 6.92 Å². The van der Waals surface area contributed by atoms with Gasteiger partial charge in [0.15, 0.2) is 0 Å². The van der Waals surface area contributed by atoms with E-state index in [0.717, 1.165) is 11.3 Å². The third-order valence-corrected chi connectivity index (χ3v) is 3.52. The van der Waals surface area contributed by atoms with E-state index in [0.29, 0.717) is 11.0 Å². The fourth-order valence-electron chi connectivity index (χ4n) is 1.72. The van der Waals surface area contributed by atoms with Crippen molar-refractivity contribution in [3.05, 3.63) is 45.7 Å². The molecule has 2 aromatic rings. The van der Waals surface area contributed by atoms with Gasteiger partial charge in [0, 0.05) is 22.3 Å². The van der Waals surface area contributed by atoms with Crippen LogP contribution in [0.1, 0.15) is 21.6 Å². The number of aromatic carboxylic acids is 1. The number of carboxylic acid groups (broad SMARTS) is 1. The van der Waals surface area contributed by atoms with Crippen molar-refractivity contribution in [2.24, 2.45) is 0 Å². The largest absolute Gasteiger partial charge is 0.478 e. The number of aryl methyl sites for hydroxylation is 1. The lowest BCUT2D eigenvalue weighted by Crippen LogP contribution is -2.29. The number of anilines is 1. The van der Waals surface area contributed by atoms with Gasteiger partial charge >= 0.3 is 12.0 Å². The molecule has 0 unspecified atom stereocenters. The summed E-state index contributed by atoms with van der Waals surface area (Å²) in [6.07, 6.45) is 1.62. The Bertz CT molecular complexity index is 684. The van der Waals surface area contributed by atoms with E-state index in [4.69, 9.17) is 5.11 Å². The maximum absolute atomic E-state index is 11.9. The van der Waals surface area contributed by atoms with Gasteiger partial charge in [-0.05, 0) is 35.0 Å². The predicted octanol–water partition coefficient (Wildman–Crippen LogP) is 2.50. The van der Waals surface area contributed by atoms with Gasteiger partial charge in [0.25, 0.3) is 0 Å². The first-order valence-corrected chi connectivity index (χ1v) is 6.84. The Labute approximate surface area is 128 Å². The van der Waals surface area contributed by atoms with Crippen LogP contribution in [0.25, 0.3) is 0 Å². The Balaban J connectivity index is 2.06. The van der Waals surface area contributed by atoms with Crippen LogP contribution < -0.4 is 10.6 Å². The van der Waals surface area contributed by atoms with E-state index in [1.165, 1.54) is 6.07 Å². The number of rotatable bonds is 4. The summed E-state index contributed by atoms with van der Waals surface area (Å²) in [7, 11) is 0. The summed E-state index contributed by atoms with van der Waals surface area (Å²) in [5.74, 6) is -1.11. The third kappa shape index (κ3) is 3.60. The third-order valence-electron chi connectivity index (χ3n) is 2.86. The van der Waals surface area contributed by atoms with Gasteiger partial charge in [0.1, 0.15) is 0 Å². The maximum Gasteiger partial charge on any atom is 0.337 e. The average Bonchev–Trinajstić information content (AvgIpc) is 2.84. The molecule has 0 aliphatic carbocycles. The molecule has 0 bridgehead atoms. The molecule has 0 saturated carbocycles. The fraction of sp³-hybridized carbons (Fsp3) is 0.154. The molecule has 0 spiro atoms. The van der Waals surface area contributed by atoms with Crippen LogP contribution in [0.2, 0.25) is 0 Å². The van der Waals surface area contributed by atoms with Gasteiger partial charge in [-0.15, -0.1) is 0 Å². The molecule has 110 valence electrons. The predicted molar refractivity (Wildman–Crippen MR) is 80.3 cm³/mol. The maximum atomic E-state index is 11.9. The van der Waals surface area contributed by atoms with E-state index < -0.39 is 12.0 Å². The number of para-hydroxylation sites is 1. The standard InChI is InChI=1S/C13H13BrN4O3/c1-7-8(6-16-18-7)5-15-13(21)17-11-9(12(19)20)3-2-4-10(11)14/h2-4,6H,5H2,1H3,(H,16,18)(H,19,20)(H2,15,17,21). The van der Waals surface area contributed by atoms with Crippen LogP contribution in [-0.4, -0.2) is 27.3 Å². The smallest absolute Gasteiger partial charge is 0.337 e. The van der Waals surface area contributed by atoms with Crippen molar-refractivity contribution in [1.82, 2.24) is 15.5 Å². The number of hydrogen-bond donors (Lipinski definition) is 4. The second-order valence-corrected chi connectivity index (χ2v) is 5.15. The molecule has 0 aliphatic rings. The Morgan fingerprint density at radius 2 is 2.19 bits per heavy atom. The number of nitrogens with one attached hydrogen (secondary N) is 3. The lowest BCUT2D eigenvalue weighted by molar-refractivity contribution is 0.0698. The van der Waals surface area contributed by atoms with Crippen molar-refractivity contribution in [2.75, 3.05) is 5.32 Å².